The predicted molar refractivity (Wildman–Crippen MR) is 160 cm³/mol. The number of hydrogen-bond donors (Lipinski definition) is 3. The molecule has 0 saturated carbocycles. The Kier molecular flexibility index (Phi) is 9.98. The fourth-order valence-corrected chi connectivity index (χ4v) is 5.80. The number of carbonyl (C=O) groups excluding carboxylic acids is 2. The molecule has 0 atom stereocenters. The van der Waals surface area contributed by atoms with Gasteiger partial charge in [-0.05, 0) is 48.7 Å². The van der Waals surface area contributed by atoms with Gasteiger partial charge < -0.3 is 20.9 Å². The highest BCUT2D eigenvalue weighted by Crippen LogP contribution is 2.35. The third-order valence-electron chi connectivity index (χ3n) is 6.39. The maximum absolute atomic E-state index is 13.7. The van der Waals surface area contributed by atoms with Crippen molar-refractivity contribution < 1.29 is 9.59 Å². The van der Waals surface area contributed by atoms with Crippen molar-refractivity contribution in [3.8, 4) is 0 Å². The summed E-state index contributed by atoms with van der Waals surface area (Å²) in [6, 6.07) is 6.11. The minimum Gasteiger partial charge on any atom is -0.312 e. The van der Waals surface area contributed by atoms with E-state index in [1.54, 1.807) is 18.2 Å². The van der Waals surface area contributed by atoms with Crippen LogP contribution in [0.3, 0.4) is 0 Å². The van der Waals surface area contributed by atoms with Gasteiger partial charge in [0, 0.05) is 55.2 Å². The van der Waals surface area contributed by atoms with Crippen LogP contribution in [0.5, 0.6) is 0 Å². The SMILES string of the molecule is CCCC(=N)c1cc(Cl)cc(C(=O)Nc2ccc(Cl)cn2)c1C(=O)Nc1scc(CN2CCN(C)CC2)c1Cl. The second kappa shape index (κ2) is 13.2. The number of pyridine rings is 1. The van der Waals surface area contributed by atoms with Gasteiger partial charge in [-0.25, -0.2) is 4.98 Å². The van der Waals surface area contributed by atoms with E-state index in [1.165, 1.54) is 23.6 Å². The molecule has 2 aromatic heterocycles. The lowest BCUT2D eigenvalue weighted by Gasteiger charge is -2.32. The molecule has 3 N–H and O–H groups in total. The van der Waals surface area contributed by atoms with Crippen LogP contribution in [0.25, 0.3) is 0 Å². The van der Waals surface area contributed by atoms with E-state index >= 15 is 0 Å². The van der Waals surface area contributed by atoms with Gasteiger partial charge in [0.15, 0.2) is 0 Å². The first-order chi connectivity index (χ1) is 18.7. The molecule has 0 aliphatic carbocycles. The molecule has 0 bridgehead atoms. The number of aromatic nitrogens is 1. The number of halogens is 3. The van der Waals surface area contributed by atoms with E-state index in [2.05, 4.69) is 32.5 Å². The number of nitrogens with one attached hydrogen (secondary N) is 3. The molecular weight excluding hydrogens is 579 g/mol. The van der Waals surface area contributed by atoms with Gasteiger partial charge in [-0.2, -0.15) is 0 Å². The molecule has 0 unspecified atom stereocenters. The highest BCUT2D eigenvalue weighted by molar-refractivity contribution is 7.15. The van der Waals surface area contributed by atoms with Crippen LogP contribution in [-0.2, 0) is 6.54 Å². The fraction of sp³-hybridized carbons (Fsp3) is 0.333. The third-order valence-corrected chi connectivity index (χ3v) is 8.32. The quantitative estimate of drug-likeness (QED) is 0.240. The smallest absolute Gasteiger partial charge is 0.257 e. The van der Waals surface area contributed by atoms with Crippen LogP contribution in [0, 0.1) is 5.41 Å². The molecule has 1 aromatic carbocycles. The average Bonchev–Trinajstić information content (AvgIpc) is 3.24. The molecule has 3 aromatic rings. The van der Waals surface area contributed by atoms with E-state index < -0.39 is 11.8 Å². The number of nitrogens with zero attached hydrogens (tertiary/aromatic N) is 3. The molecule has 2 amide bonds. The standard InChI is InChI=1S/C27H29Cl3N6O2S/c1-3-4-21(31)19-11-18(29)12-20(25(37)33-22-6-5-17(28)13-32-22)23(19)26(38)34-27-24(30)16(15-39-27)14-36-9-7-35(2)8-10-36/h5-6,11-13,15,31H,3-4,7-10,14H2,1-2H3,(H,34,38)(H,32,33,37). The van der Waals surface area contributed by atoms with Crippen LogP contribution in [0.1, 0.15) is 51.6 Å². The molecule has 1 fully saturated rings. The highest BCUT2D eigenvalue weighted by Gasteiger charge is 2.26. The van der Waals surface area contributed by atoms with Crippen molar-refractivity contribution in [2.24, 2.45) is 0 Å². The first kappa shape index (κ1) is 29.5. The number of piperazine rings is 1. The molecular formula is C27H29Cl3N6O2S. The summed E-state index contributed by atoms with van der Waals surface area (Å²) in [6.45, 7) is 6.49. The molecule has 1 aliphatic heterocycles. The lowest BCUT2D eigenvalue weighted by molar-refractivity contribution is 0.0990. The van der Waals surface area contributed by atoms with Crippen molar-refractivity contribution in [1.29, 1.82) is 5.41 Å². The van der Waals surface area contributed by atoms with Gasteiger partial charge in [0.25, 0.3) is 11.8 Å². The molecule has 0 radical (unpaired) electrons. The zero-order valence-corrected chi connectivity index (χ0v) is 24.7. The zero-order valence-electron chi connectivity index (χ0n) is 21.6. The van der Waals surface area contributed by atoms with Crippen LogP contribution >= 0.6 is 46.1 Å². The largest absolute Gasteiger partial charge is 0.312 e. The lowest BCUT2D eigenvalue weighted by Crippen LogP contribution is -2.43. The third kappa shape index (κ3) is 7.36. The molecule has 3 heterocycles. The maximum atomic E-state index is 13.7. The van der Waals surface area contributed by atoms with Gasteiger partial charge in [-0.3, -0.25) is 14.5 Å². The molecule has 12 heteroatoms. The number of anilines is 2. The summed E-state index contributed by atoms with van der Waals surface area (Å²) in [5.41, 5.74) is 1.51. The second-order valence-corrected chi connectivity index (χ2v) is 11.5. The summed E-state index contributed by atoms with van der Waals surface area (Å²) < 4.78 is 0. The summed E-state index contributed by atoms with van der Waals surface area (Å²) in [4.78, 5) is 35.8. The van der Waals surface area contributed by atoms with E-state index in [0.29, 0.717) is 40.0 Å². The summed E-state index contributed by atoms with van der Waals surface area (Å²) in [5.74, 6) is -0.876. The number of thiophene rings is 1. The number of amides is 2. The minimum absolute atomic E-state index is 0.0259. The molecule has 206 valence electrons. The van der Waals surface area contributed by atoms with Gasteiger partial charge in [0.2, 0.25) is 0 Å². The van der Waals surface area contributed by atoms with Gasteiger partial charge in [0.1, 0.15) is 10.8 Å². The summed E-state index contributed by atoms with van der Waals surface area (Å²) >= 11 is 20.3. The van der Waals surface area contributed by atoms with Crippen molar-refractivity contribution in [2.75, 3.05) is 43.9 Å². The number of benzene rings is 1. The number of likely N-dealkylation sites (N-methyl/N-ethyl adjacent to an activating group) is 1. The van der Waals surface area contributed by atoms with Crippen molar-refractivity contribution in [1.82, 2.24) is 14.8 Å². The van der Waals surface area contributed by atoms with Crippen LogP contribution in [0.4, 0.5) is 10.8 Å². The normalized spacial score (nSPS) is 14.3. The van der Waals surface area contributed by atoms with Gasteiger partial charge in [0.05, 0.1) is 21.2 Å². The van der Waals surface area contributed by atoms with E-state index in [9.17, 15) is 9.59 Å². The van der Waals surface area contributed by atoms with Gasteiger partial charge in [-0.15, -0.1) is 11.3 Å². The van der Waals surface area contributed by atoms with E-state index in [1.807, 2.05) is 12.3 Å². The monoisotopic (exact) mass is 606 g/mol. The zero-order chi connectivity index (χ0) is 28.1. The fourth-order valence-electron chi connectivity index (χ4n) is 4.27. The Hall–Kier alpha value is -2.53. The number of hydrogen-bond acceptors (Lipinski definition) is 7. The molecule has 8 nitrogen and oxygen atoms in total. The Morgan fingerprint density at radius 3 is 2.41 bits per heavy atom. The van der Waals surface area contributed by atoms with E-state index in [4.69, 9.17) is 40.2 Å². The van der Waals surface area contributed by atoms with Crippen molar-refractivity contribution >= 4 is 74.5 Å². The maximum Gasteiger partial charge on any atom is 0.257 e. The van der Waals surface area contributed by atoms with Crippen molar-refractivity contribution in [2.45, 2.75) is 26.3 Å². The first-order valence-corrected chi connectivity index (χ1v) is 14.5. The Morgan fingerprint density at radius 2 is 1.74 bits per heavy atom. The Labute approximate surface area is 246 Å². The van der Waals surface area contributed by atoms with E-state index in [0.717, 1.165) is 31.7 Å². The van der Waals surface area contributed by atoms with Crippen LogP contribution in [0.15, 0.2) is 35.8 Å². The molecule has 0 spiro atoms. The molecule has 1 aliphatic rings. The topological polar surface area (TPSA) is 101 Å². The van der Waals surface area contributed by atoms with Crippen LogP contribution in [0.2, 0.25) is 15.1 Å². The van der Waals surface area contributed by atoms with Crippen molar-refractivity contribution in [3.05, 3.63) is 73.2 Å². The number of carbonyl (C=O) groups is 2. The molecule has 39 heavy (non-hydrogen) atoms. The summed E-state index contributed by atoms with van der Waals surface area (Å²) in [7, 11) is 2.11. The number of rotatable bonds is 9. The molecule has 4 rings (SSSR count). The van der Waals surface area contributed by atoms with Gasteiger partial charge >= 0.3 is 0 Å². The Bertz CT molecular complexity index is 1370. The first-order valence-electron chi connectivity index (χ1n) is 12.5. The summed E-state index contributed by atoms with van der Waals surface area (Å²) in [5, 5.41) is 17.7. The molecule has 1 saturated heterocycles. The van der Waals surface area contributed by atoms with E-state index in [-0.39, 0.29) is 27.7 Å². The minimum atomic E-state index is -0.587. The average molecular weight is 608 g/mol. The Balaban J connectivity index is 1.63. The second-order valence-electron chi connectivity index (χ2n) is 9.36. The highest BCUT2D eigenvalue weighted by atomic mass is 35.5. The predicted octanol–water partition coefficient (Wildman–Crippen LogP) is 6.52. The lowest BCUT2D eigenvalue weighted by atomic mass is 9.94. The Morgan fingerprint density at radius 1 is 1.03 bits per heavy atom. The summed E-state index contributed by atoms with van der Waals surface area (Å²) in [6.07, 6.45) is 2.51. The van der Waals surface area contributed by atoms with Crippen molar-refractivity contribution in [3.63, 3.8) is 0 Å². The van der Waals surface area contributed by atoms with Crippen LogP contribution < -0.4 is 10.6 Å². The van der Waals surface area contributed by atoms with Gasteiger partial charge in [-0.1, -0.05) is 48.1 Å². The van der Waals surface area contributed by atoms with Crippen LogP contribution in [-0.4, -0.2) is 65.5 Å².